The van der Waals surface area contributed by atoms with Crippen LogP contribution in [0.4, 0.5) is 23.0 Å². The van der Waals surface area contributed by atoms with Crippen LogP contribution in [-0.4, -0.2) is 64.5 Å². The number of carbonyl (C=O) groups is 2. The van der Waals surface area contributed by atoms with Gasteiger partial charge in [-0.1, -0.05) is 0 Å². The Labute approximate surface area is 292 Å². The van der Waals surface area contributed by atoms with Gasteiger partial charge >= 0.3 is 60.5 Å². The molecule has 0 spiro atoms. The van der Waals surface area contributed by atoms with E-state index >= 15 is 0 Å². The Kier molecular flexibility index (Phi) is 12.1. The number of amides is 1. The molecule has 17 nitrogen and oxygen atoms in total. The predicted molar refractivity (Wildman–Crippen MR) is 131 cm³/mol. The van der Waals surface area contributed by atoms with Crippen molar-refractivity contribution in [3.8, 4) is 0 Å². The SMILES string of the molecule is O=C([O-])C1=NN(c2ccc(S(=O)(=O)[O-])cc2)C(=O)C1N=Nc1cc(Nc2nc(Cl)nc(Cl)n2)ccc1S(=O)(=O)[O-].[H+].[Na+].[Na+]. The smallest absolute Gasteiger partial charge is 0.744 e. The first-order valence-electron chi connectivity index (χ1n) is 10.2. The van der Waals surface area contributed by atoms with Gasteiger partial charge in [-0.05, 0) is 65.7 Å². The normalized spacial score (nSPS) is 15.1. The number of hydrogen-bond donors (Lipinski definition) is 1. The topological polar surface area (TPSA) is 263 Å². The molecule has 0 fully saturated rings. The van der Waals surface area contributed by atoms with Gasteiger partial charge in [-0.25, -0.2) is 16.8 Å². The van der Waals surface area contributed by atoms with E-state index in [2.05, 4.69) is 35.6 Å². The number of hydrazone groups is 1. The molecule has 0 radical (unpaired) electrons. The summed E-state index contributed by atoms with van der Waals surface area (Å²) >= 11 is 11.4. The van der Waals surface area contributed by atoms with Crippen LogP contribution in [0.5, 0.6) is 0 Å². The van der Waals surface area contributed by atoms with Crippen molar-refractivity contribution in [2.45, 2.75) is 15.8 Å². The molecule has 3 aromatic rings. The molecule has 42 heavy (non-hydrogen) atoms. The van der Waals surface area contributed by atoms with Crippen molar-refractivity contribution >= 4 is 84.0 Å². The fraction of sp³-hybridized carbons (Fsp3) is 0.0526. The van der Waals surface area contributed by atoms with E-state index in [1.807, 2.05) is 0 Å². The van der Waals surface area contributed by atoms with E-state index in [1.54, 1.807) is 0 Å². The molecule has 1 aliphatic heterocycles. The van der Waals surface area contributed by atoms with Gasteiger partial charge in [0.2, 0.25) is 16.5 Å². The van der Waals surface area contributed by atoms with E-state index in [9.17, 15) is 40.6 Å². The molecule has 1 unspecified atom stereocenters. The summed E-state index contributed by atoms with van der Waals surface area (Å²) in [6.45, 7) is 0. The number of azo groups is 1. The number of carboxylic acid groups (broad SMARTS) is 1. The van der Waals surface area contributed by atoms with E-state index in [0.29, 0.717) is 5.01 Å². The zero-order valence-electron chi connectivity index (χ0n) is 22.0. The molecule has 208 valence electrons. The van der Waals surface area contributed by atoms with E-state index in [1.165, 1.54) is 0 Å². The van der Waals surface area contributed by atoms with Crippen LogP contribution >= 0.6 is 23.2 Å². The maximum absolute atomic E-state index is 12.9. The Morgan fingerprint density at radius 1 is 0.952 bits per heavy atom. The predicted octanol–water partition coefficient (Wildman–Crippen LogP) is -5.54. The molecule has 1 aliphatic rings. The van der Waals surface area contributed by atoms with Gasteiger partial charge in [0.05, 0.1) is 21.4 Å². The van der Waals surface area contributed by atoms with Crippen molar-refractivity contribution in [3.05, 3.63) is 53.0 Å². The Morgan fingerprint density at radius 3 is 2.07 bits per heavy atom. The van der Waals surface area contributed by atoms with Gasteiger partial charge in [-0.3, -0.25) is 4.79 Å². The summed E-state index contributed by atoms with van der Waals surface area (Å²) in [6, 6.07) is 4.77. The summed E-state index contributed by atoms with van der Waals surface area (Å²) in [5.41, 5.74) is -1.65. The molecule has 1 atom stereocenters. The largest absolute Gasteiger partial charge is 1.00 e. The standard InChI is InChI=1S/C19H12Cl2N8O9S2.2Na/c20-17-23-18(21)25-19(24-17)22-8-1-6-12(40(36,37)38)11(7-8)26-27-13-14(16(31)32)28-29(15(13)30)9-2-4-10(5-3-9)39(33,34)35;;/h1-7,13H,(H,31,32)(H,33,34,35)(H,36,37,38)(H,22,23,24,25);;/q;2*+1/p-2. The third kappa shape index (κ3) is 8.49. The summed E-state index contributed by atoms with van der Waals surface area (Å²) in [6.07, 6.45) is 0. The maximum Gasteiger partial charge on any atom is 1.00 e. The second kappa shape index (κ2) is 14.1. The number of halogens is 2. The monoisotopic (exact) mass is 674 g/mol. The Balaban J connectivity index is 0.00000308. The number of rotatable bonds is 8. The van der Waals surface area contributed by atoms with Crippen LogP contribution in [0.25, 0.3) is 0 Å². The molecule has 2 heterocycles. The summed E-state index contributed by atoms with van der Waals surface area (Å²) in [4.78, 5) is 34.1. The van der Waals surface area contributed by atoms with Gasteiger partial charge in [-0.2, -0.15) is 35.3 Å². The van der Waals surface area contributed by atoms with Crippen molar-refractivity contribution in [1.29, 1.82) is 0 Å². The number of carbonyl (C=O) groups excluding carboxylic acids is 2. The quantitative estimate of drug-likeness (QED) is 0.133. The molecule has 1 aromatic heterocycles. The molecule has 0 saturated carbocycles. The summed E-state index contributed by atoms with van der Waals surface area (Å²) in [7, 11) is -9.95. The van der Waals surface area contributed by atoms with Gasteiger partial charge in [0.25, 0.3) is 5.91 Å². The van der Waals surface area contributed by atoms with Crippen LogP contribution < -0.4 is 74.5 Å². The fourth-order valence-electron chi connectivity index (χ4n) is 3.16. The Bertz CT molecular complexity index is 1820. The summed E-state index contributed by atoms with van der Waals surface area (Å²) < 4.78 is 68.7. The molecule has 2 aromatic carbocycles. The zero-order valence-corrected chi connectivity index (χ0v) is 28.1. The number of carboxylic acids is 1. The summed E-state index contributed by atoms with van der Waals surface area (Å²) in [5.74, 6) is -3.22. The molecular weight excluding hydrogens is 665 g/mol. The maximum atomic E-state index is 12.9. The first kappa shape index (κ1) is 36.1. The Hall–Kier alpha value is -2.14. The average Bonchev–Trinajstić information content (AvgIpc) is 3.17. The van der Waals surface area contributed by atoms with E-state index in [-0.39, 0.29) is 88.4 Å². The van der Waals surface area contributed by atoms with Gasteiger partial charge in [0.1, 0.15) is 31.6 Å². The molecule has 23 heteroatoms. The van der Waals surface area contributed by atoms with Gasteiger partial charge in [0, 0.05) is 5.69 Å². The molecule has 0 bridgehead atoms. The molecular formula is C19H10Cl2N8Na2O9S2. The minimum Gasteiger partial charge on any atom is -0.744 e. The fourth-order valence-corrected chi connectivity index (χ4v) is 4.58. The number of benzene rings is 2. The molecule has 4 rings (SSSR count). The number of hydrogen-bond acceptors (Lipinski definition) is 16. The number of anilines is 3. The van der Waals surface area contributed by atoms with E-state index in [0.717, 1.165) is 42.5 Å². The molecule has 1 N–H and O–H groups in total. The minimum atomic E-state index is -5.14. The van der Waals surface area contributed by atoms with Crippen molar-refractivity contribution < 1.29 is 101 Å². The van der Waals surface area contributed by atoms with Crippen LogP contribution in [0.3, 0.4) is 0 Å². The van der Waals surface area contributed by atoms with Crippen LogP contribution in [0.1, 0.15) is 1.43 Å². The second-order valence-corrected chi connectivity index (χ2v) is 10.9. The number of aromatic nitrogens is 3. The van der Waals surface area contributed by atoms with Gasteiger partial charge in [0.15, 0.2) is 6.04 Å². The third-order valence-electron chi connectivity index (χ3n) is 4.83. The molecule has 1 amide bonds. The number of nitrogens with one attached hydrogen (secondary N) is 1. The zero-order chi connectivity index (χ0) is 29.4. The van der Waals surface area contributed by atoms with Crippen LogP contribution in [-0.2, 0) is 29.8 Å². The average molecular weight is 675 g/mol. The number of aliphatic carboxylic acids is 1. The van der Waals surface area contributed by atoms with Crippen LogP contribution in [0.2, 0.25) is 10.6 Å². The van der Waals surface area contributed by atoms with Crippen molar-refractivity contribution in [2.24, 2.45) is 15.3 Å². The van der Waals surface area contributed by atoms with Gasteiger partial charge < -0.3 is 24.3 Å². The second-order valence-electron chi connectivity index (χ2n) is 7.45. The van der Waals surface area contributed by atoms with Gasteiger partial charge in [-0.15, -0.1) is 0 Å². The first-order chi connectivity index (χ1) is 18.6. The minimum absolute atomic E-state index is 0. The molecule has 0 aliphatic carbocycles. The number of nitrogens with zero attached hydrogens (tertiary/aromatic N) is 7. The van der Waals surface area contributed by atoms with E-state index in [4.69, 9.17) is 23.2 Å². The van der Waals surface area contributed by atoms with Crippen LogP contribution in [0, 0.1) is 0 Å². The van der Waals surface area contributed by atoms with E-state index < -0.39 is 59.3 Å². The van der Waals surface area contributed by atoms with Crippen molar-refractivity contribution in [2.75, 3.05) is 10.3 Å². The third-order valence-corrected chi connectivity index (χ3v) is 6.91. The first-order valence-corrected chi connectivity index (χ1v) is 13.8. The summed E-state index contributed by atoms with van der Waals surface area (Å²) in [5, 5.41) is 25.0. The van der Waals surface area contributed by atoms with Crippen LogP contribution in [0.15, 0.2) is 67.6 Å². The van der Waals surface area contributed by atoms with Crippen molar-refractivity contribution in [1.82, 2.24) is 15.0 Å². The molecule has 0 saturated heterocycles. The Morgan fingerprint density at radius 2 is 1.55 bits per heavy atom. The van der Waals surface area contributed by atoms with Crippen molar-refractivity contribution in [3.63, 3.8) is 0 Å².